The Hall–Kier alpha value is -2.96. The fourth-order valence-electron chi connectivity index (χ4n) is 4.19. The number of likely N-dealkylation sites (tertiary alicyclic amines) is 1. The standard InChI is InChI=1S/C24H29FN4O2/c1-16(2)12-19-14-22(28(3)27-19)24(30)29-11-5-4-6-21(29)23-26-15-20(31-23)13-17-7-9-18(25)10-8-17/h7-10,14-16,21H,4-6,11-13H2,1-3H3. The number of amides is 1. The van der Waals surface area contributed by atoms with Gasteiger partial charge in [-0.05, 0) is 55.4 Å². The molecule has 1 saturated heterocycles. The van der Waals surface area contributed by atoms with Gasteiger partial charge in [0.05, 0.1) is 11.9 Å². The van der Waals surface area contributed by atoms with Crippen molar-refractivity contribution in [2.75, 3.05) is 6.54 Å². The molecule has 0 radical (unpaired) electrons. The third-order valence-electron chi connectivity index (χ3n) is 5.68. The fourth-order valence-corrected chi connectivity index (χ4v) is 4.19. The molecular formula is C24H29FN4O2. The third kappa shape index (κ3) is 4.86. The van der Waals surface area contributed by atoms with E-state index in [0.29, 0.717) is 36.2 Å². The van der Waals surface area contributed by atoms with E-state index in [1.54, 1.807) is 23.0 Å². The number of hydrogen-bond donors (Lipinski definition) is 0. The van der Waals surface area contributed by atoms with Gasteiger partial charge in [-0.15, -0.1) is 0 Å². The van der Waals surface area contributed by atoms with E-state index in [2.05, 4.69) is 23.9 Å². The Balaban J connectivity index is 1.52. The summed E-state index contributed by atoms with van der Waals surface area (Å²) in [5.74, 6) is 1.46. The molecule has 0 N–H and O–H groups in total. The Morgan fingerprint density at radius 2 is 2.03 bits per heavy atom. The van der Waals surface area contributed by atoms with Crippen molar-refractivity contribution >= 4 is 5.91 Å². The molecule has 4 rings (SSSR count). The summed E-state index contributed by atoms with van der Waals surface area (Å²) < 4.78 is 20.9. The van der Waals surface area contributed by atoms with Gasteiger partial charge in [0.2, 0.25) is 5.89 Å². The number of hydrogen-bond acceptors (Lipinski definition) is 4. The highest BCUT2D eigenvalue weighted by Crippen LogP contribution is 2.32. The van der Waals surface area contributed by atoms with E-state index in [4.69, 9.17) is 4.42 Å². The molecule has 7 heteroatoms. The van der Waals surface area contributed by atoms with E-state index in [9.17, 15) is 9.18 Å². The first-order valence-corrected chi connectivity index (χ1v) is 10.9. The van der Waals surface area contributed by atoms with Crippen molar-refractivity contribution in [3.05, 3.63) is 70.9 Å². The van der Waals surface area contributed by atoms with Crippen molar-refractivity contribution in [2.24, 2.45) is 13.0 Å². The molecule has 1 aliphatic heterocycles. The summed E-state index contributed by atoms with van der Waals surface area (Å²) >= 11 is 0. The molecule has 0 spiro atoms. The smallest absolute Gasteiger partial charge is 0.272 e. The quantitative estimate of drug-likeness (QED) is 0.575. The Kier molecular flexibility index (Phi) is 6.20. The van der Waals surface area contributed by atoms with Crippen LogP contribution >= 0.6 is 0 Å². The molecule has 2 aromatic heterocycles. The Bertz CT molecular complexity index is 1040. The molecule has 164 valence electrons. The van der Waals surface area contributed by atoms with Gasteiger partial charge in [0.25, 0.3) is 5.91 Å². The van der Waals surface area contributed by atoms with Crippen molar-refractivity contribution < 1.29 is 13.6 Å². The lowest BCUT2D eigenvalue weighted by molar-refractivity contribution is 0.0558. The van der Waals surface area contributed by atoms with Gasteiger partial charge < -0.3 is 9.32 Å². The molecule has 3 heterocycles. The highest BCUT2D eigenvalue weighted by molar-refractivity contribution is 5.93. The number of benzene rings is 1. The van der Waals surface area contributed by atoms with Gasteiger partial charge in [0.1, 0.15) is 23.3 Å². The largest absolute Gasteiger partial charge is 0.443 e. The molecule has 1 amide bonds. The normalized spacial score (nSPS) is 16.8. The number of nitrogens with zero attached hydrogens (tertiary/aromatic N) is 4. The van der Waals surface area contributed by atoms with Crippen LogP contribution in [0, 0.1) is 11.7 Å². The van der Waals surface area contributed by atoms with Crippen LogP contribution in [0.1, 0.15) is 72.5 Å². The van der Waals surface area contributed by atoms with Gasteiger partial charge in [-0.2, -0.15) is 5.10 Å². The number of carbonyl (C=O) groups excluding carboxylic acids is 1. The first-order valence-electron chi connectivity index (χ1n) is 10.9. The molecule has 0 bridgehead atoms. The summed E-state index contributed by atoms with van der Waals surface area (Å²) in [7, 11) is 1.82. The van der Waals surface area contributed by atoms with E-state index in [1.165, 1.54) is 12.1 Å². The van der Waals surface area contributed by atoms with Crippen LogP contribution in [0.25, 0.3) is 0 Å². The third-order valence-corrected chi connectivity index (χ3v) is 5.68. The van der Waals surface area contributed by atoms with Crippen LogP contribution in [0.5, 0.6) is 0 Å². The van der Waals surface area contributed by atoms with E-state index >= 15 is 0 Å². The Morgan fingerprint density at radius 3 is 2.77 bits per heavy atom. The number of aryl methyl sites for hydroxylation is 1. The van der Waals surface area contributed by atoms with Crippen LogP contribution in [0.2, 0.25) is 0 Å². The van der Waals surface area contributed by atoms with Gasteiger partial charge in [-0.3, -0.25) is 9.48 Å². The number of rotatable bonds is 6. The first-order chi connectivity index (χ1) is 14.9. The maximum atomic E-state index is 13.4. The lowest BCUT2D eigenvalue weighted by Gasteiger charge is -2.33. The summed E-state index contributed by atoms with van der Waals surface area (Å²) in [5.41, 5.74) is 2.49. The monoisotopic (exact) mass is 424 g/mol. The van der Waals surface area contributed by atoms with Crippen molar-refractivity contribution in [2.45, 2.75) is 52.0 Å². The molecular weight excluding hydrogens is 395 g/mol. The van der Waals surface area contributed by atoms with E-state index in [1.807, 2.05) is 18.0 Å². The number of carbonyl (C=O) groups is 1. The van der Waals surface area contributed by atoms with Gasteiger partial charge >= 0.3 is 0 Å². The summed E-state index contributed by atoms with van der Waals surface area (Å²) in [6.45, 7) is 4.95. The first kappa shape index (κ1) is 21.3. The number of oxazole rings is 1. The second-order valence-corrected chi connectivity index (χ2v) is 8.72. The molecule has 1 aliphatic rings. The van der Waals surface area contributed by atoms with Gasteiger partial charge in [-0.1, -0.05) is 26.0 Å². The van der Waals surface area contributed by atoms with E-state index < -0.39 is 0 Å². The molecule has 1 atom stereocenters. The maximum absolute atomic E-state index is 13.4. The second kappa shape index (κ2) is 9.04. The van der Waals surface area contributed by atoms with E-state index in [-0.39, 0.29) is 17.8 Å². The molecule has 6 nitrogen and oxygen atoms in total. The van der Waals surface area contributed by atoms with Crippen molar-refractivity contribution in [3.8, 4) is 0 Å². The molecule has 0 saturated carbocycles. The van der Waals surface area contributed by atoms with Gasteiger partial charge in [0, 0.05) is 20.0 Å². The van der Waals surface area contributed by atoms with Crippen molar-refractivity contribution in [3.63, 3.8) is 0 Å². The van der Waals surface area contributed by atoms with Crippen LogP contribution in [0.15, 0.2) is 40.9 Å². The Morgan fingerprint density at radius 1 is 1.26 bits per heavy atom. The van der Waals surface area contributed by atoms with Crippen LogP contribution in [0.4, 0.5) is 4.39 Å². The van der Waals surface area contributed by atoms with Crippen molar-refractivity contribution in [1.29, 1.82) is 0 Å². The number of piperidine rings is 1. The minimum Gasteiger partial charge on any atom is -0.443 e. The summed E-state index contributed by atoms with van der Waals surface area (Å²) in [6, 6.07) is 8.08. The predicted molar refractivity (Wildman–Crippen MR) is 115 cm³/mol. The van der Waals surface area contributed by atoms with E-state index in [0.717, 1.165) is 36.9 Å². The highest BCUT2D eigenvalue weighted by Gasteiger charge is 2.33. The summed E-state index contributed by atoms with van der Waals surface area (Å²) in [4.78, 5) is 19.8. The summed E-state index contributed by atoms with van der Waals surface area (Å²) in [5, 5.41) is 4.53. The zero-order chi connectivity index (χ0) is 22.0. The molecule has 3 aromatic rings. The van der Waals surface area contributed by atoms with Crippen LogP contribution in [0.3, 0.4) is 0 Å². The van der Waals surface area contributed by atoms with Crippen LogP contribution in [-0.4, -0.2) is 32.1 Å². The minimum absolute atomic E-state index is 0.0343. The minimum atomic E-state index is -0.259. The lowest BCUT2D eigenvalue weighted by atomic mass is 10.0. The predicted octanol–water partition coefficient (Wildman–Crippen LogP) is 4.70. The Labute approximate surface area is 182 Å². The zero-order valence-corrected chi connectivity index (χ0v) is 18.3. The van der Waals surface area contributed by atoms with Crippen LogP contribution < -0.4 is 0 Å². The number of aromatic nitrogens is 3. The molecule has 1 unspecified atom stereocenters. The molecule has 1 aromatic carbocycles. The van der Waals surface area contributed by atoms with Gasteiger partial charge in [-0.25, -0.2) is 9.37 Å². The lowest BCUT2D eigenvalue weighted by Crippen LogP contribution is -2.39. The second-order valence-electron chi connectivity index (χ2n) is 8.72. The SMILES string of the molecule is CC(C)Cc1cc(C(=O)N2CCCCC2c2ncc(Cc3ccc(F)cc3)o2)n(C)n1. The zero-order valence-electron chi connectivity index (χ0n) is 18.3. The average molecular weight is 425 g/mol. The average Bonchev–Trinajstić information content (AvgIpc) is 3.35. The maximum Gasteiger partial charge on any atom is 0.272 e. The molecule has 31 heavy (non-hydrogen) atoms. The fraction of sp³-hybridized carbons (Fsp3) is 0.458. The van der Waals surface area contributed by atoms with Gasteiger partial charge in [0.15, 0.2) is 0 Å². The summed E-state index contributed by atoms with van der Waals surface area (Å²) in [6.07, 6.45) is 5.89. The topological polar surface area (TPSA) is 64.2 Å². The highest BCUT2D eigenvalue weighted by atomic mass is 19.1. The number of halogens is 1. The molecule has 0 aliphatic carbocycles. The molecule has 1 fully saturated rings. The van der Waals surface area contributed by atoms with Crippen molar-refractivity contribution in [1.82, 2.24) is 19.7 Å². The van der Waals surface area contributed by atoms with Crippen LogP contribution in [-0.2, 0) is 19.9 Å².